The number of aryl methyl sites for hydroxylation is 1. The number of pyridine rings is 1. The van der Waals surface area contributed by atoms with Crippen molar-refractivity contribution < 1.29 is 28.6 Å². The number of hydrogen-bond acceptors (Lipinski definition) is 13. The van der Waals surface area contributed by atoms with Gasteiger partial charge in [-0.3, -0.25) is 24.7 Å². The standard InChI is InChI=1S/C54H63FN10O5/c1-3-32-5-4-6-33-24-40(66)25-42(46(32)33)48-47(55)49-43(26-56-48)50(64-28-35-7-8-36(29-64)57-35)60-53(59-49)70-31-54(17-18-54)30-62-19-13-37(14-20-62)61(2)38-15-21-63(22-16-38)39-9-10-41-34(23-39)27-65(52(41)69)44-11-12-45(67)58-51(44)68/h4-6,9-10,23-26,35-38,44,57,66H,3,7-8,11-22,27-31H2,1-2H3,(H,58,67,68). The van der Waals surface area contributed by atoms with Crippen LogP contribution < -0.4 is 25.2 Å². The number of hydrogen-bond donors (Lipinski definition) is 3. The summed E-state index contributed by atoms with van der Waals surface area (Å²) in [5.41, 5.74) is 4.65. The maximum Gasteiger partial charge on any atom is 0.319 e. The quantitative estimate of drug-likeness (QED) is 0.122. The van der Waals surface area contributed by atoms with Gasteiger partial charge >= 0.3 is 6.01 Å². The Bertz CT molecular complexity index is 2880. The zero-order valence-corrected chi connectivity index (χ0v) is 40.3. The molecule has 8 heterocycles. The molecular formula is C54H63FN10O5. The van der Waals surface area contributed by atoms with E-state index in [0.717, 1.165) is 131 Å². The summed E-state index contributed by atoms with van der Waals surface area (Å²) in [6.45, 7) is 9.38. The van der Waals surface area contributed by atoms with Gasteiger partial charge < -0.3 is 39.7 Å². The van der Waals surface area contributed by atoms with Gasteiger partial charge in [-0.1, -0.05) is 25.1 Å². The first kappa shape index (κ1) is 45.2. The SMILES string of the molecule is CCc1cccc2cc(O)cc(-c3ncc4c(N5CC6CCC(C5)N6)nc(OCC5(CN6CCC(N(C)C7CCN(c8ccc9c(c8)CN(C8CCC(=O)NC8=O)C9=O)CC7)CC6)CC5)nc4c3F)c12. The summed E-state index contributed by atoms with van der Waals surface area (Å²) >= 11 is 0. The lowest BCUT2D eigenvalue weighted by Gasteiger charge is -2.44. The molecule has 366 valence electrons. The average molecular weight is 951 g/mol. The van der Waals surface area contributed by atoms with Gasteiger partial charge in [0.2, 0.25) is 11.8 Å². The summed E-state index contributed by atoms with van der Waals surface area (Å²) in [5, 5.41) is 19.2. The molecule has 6 fully saturated rings. The first-order valence-electron chi connectivity index (χ1n) is 25.7. The second kappa shape index (κ2) is 18.0. The number of halogens is 1. The van der Waals surface area contributed by atoms with E-state index in [1.54, 1.807) is 23.2 Å². The van der Waals surface area contributed by atoms with E-state index < -0.39 is 11.9 Å². The molecule has 6 aliphatic heterocycles. The van der Waals surface area contributed by atoms with E-state index >= 15 is 4.39 Å². The van der Waals surface area contributed by atoms with Gasteiger partial charge in [0.15, 0.2) is 5.82 Å². The first-order valence-corrected chi connectivity index (χ1v) is 25.7. The predicted molar refractivity (Wildman–Crippen MR) is 266 cm³/mol. The van der Waals surface area contributed by atoms with Gasteiger partial charge in [0.05, 0.1) is 12.0 Å². The Hall–Kier alpha value is -5.97. The molecule has 12 rings (SSSR count). The van der Waals surface area contributed by atoms with Crippen LogP contribution in [-0.4, -0.2) is 142 Å². The highest BCUT2D eigenvalue weighted by molar-refractivity contribution is 6.06. The normalized spacial score (nSPS) is 24.0. The van der Waals surface area contributed by atoms with Crippen LogP contribution in [0.1, 0.15) is 92.6 Å². The molecule has 1 aliphatic carbocycles. The number of piperidine rings is 3. The van der Waals surface area contributed by atoms with Crippen LogP contribution in [0.15, 0.2) is 54.7 Å². The number of nitrogens with zero attached hydrogens (tertiary/aromatic N) is 8. The lowest BCUT2D eigenvalue weighted by atomic mass is 9.95. The molecule has 3 atom stereocenters. The third-order valence-corrected chi connectivity index (χ3v) is 16.9. The van der Waals surface area contributed by atoms with Crippen molar-refractivity contribution >= 4 is 50.9 Å². The van der Waals surface area contributed by atoms with Crippen molar-refractivity contribution in [2.45, 2.75) is 114 Å². The van der Waals surface area contributed by atoms with Crippen LogP contribution in [0, 0.1) is 11.2 Å². The third kappa shape index (κ3) is 8.38. The molecule has 70 heavy (non-hydrogen) atoms. The Balaban J connectivity index is 0.686. The number of imide groups is 1. The number of phenolic OH excluding ortho intramolecular Hbond substituents is 1. The number of aromatic hydroxyl groups is 1. The minimum atomic E-state index is -0.608. The summed E-state index contributed by atoms with van der Waals surface area (Å²) in [4.78, 5) is 63.7. The smallest absolute Gasteiger partial charge is 0.319 e. The fraction of sp³-hybridized carbons (Fsp3) is 0.519. The van der Waals surface area contributed by atoms with E-state index in [1.807, 2.05) is 30.3 Å². The van der Waals surface area contributed by atoms with E-state index in [2.05, 4.69) is 50.3 Å². The Morgan fingerprint density at radius 1 is 0.886 bits per heavy atom. The minimum Gasteiger partial charge on any atom is -0.508 e. The molecule has 3 amide bonds. The molecule has 5 saturated heterocycles. The van der Waals surface area contributed by atoms with Gasteiger partial charge in [0, 0.05) is 98.3 Å². The highest BCUT2D eigenvalue weighted by Crippen LogP contribution is 2.47. The molecule has 15 nitrogen and oxygen atoms in total. The Morgan fingerprint density at radius 3 is 2.37 bits per heavy atom. The number of rotatable bonds is 12. The molecule has 3 unspecified atom stereocenters. The van der Waals surface area contributed by atoms with E-state index in [-0.39, 0.29) is 52.5 Å². The number of piperazine rings is 1. The van der Waals surface area contributed by atoms with Crippen molar-refractivity contribution in [2.75, 3.05) is 69.3 Å². The van der Waals surface area contributed by atoms with Crippen molar-refractivity contribution in [1.29, 1.82) is 0 Å². The summed E-state index contributed by atoms with van der Waals surface area (Å²) in [6, 6.07) is 16.7. The number of carbonyl (C=O) groups excluding carboxylic acids is 3. The van der Waals surface area contributed by atoms with Crippen LogP contribution in [0.2, 0.25) is 0 Å². The number of likely N-dealkylation sites (tertiary alicyclic amines) is 1. The van der Waals surface area contributed by atoms with E-state index in [9.17, 15) is 19.5 Å². The summed E-state index contributed by atoms with van der Waals surface area (Å²) in [5.74, 6) is -0.622. The Kier molecular flexibility index (Phi) is 11.6. The molecule has 3 aromatic carbocycles. The number of aromatic nitrogens is 3. The fourth-order valence-electron chi connectivity index (χ4n) is 12.7. The molecule has 5 aromatic rings. The average Bonchev–Trinajstić information content (AvgIpc) is 3.95. The lowest BCUT2D eigenvalue weighted by molar-refractivity contribution is -0.136. The molecule has 0 radical (unpaired) electrons. The van der Waals surface area contributed by atoms with Crippen LogP contribution in [-0.2, 0) is 22.6 Å². The fourth-order valence-corrected chi connectivity index (χ4v) is 12.7. The number of benzene rings is 3. The Labute approximate surface area is 407 Å². The number of amides is 3. The Morgan fingerprint density at radius 2 is 1.64 bits per heavy atom. The van der Waals surface area contributed by atoms with Crippen molar-refractivity contribution in [1.82, 2.24) is 40.3 Å². The van der Waals surface area contributed by atoms with Crippen LogP contribution in [0.3, 0.4) is 0 Å². The minimum absolute atomic E-state index is 0.00522. The van der Waals surface area contributed by atoms with E-state index in [0.29, 0.717) is 66.1 Å². The number of carbonyl (C=O) groups is 3. The van der Waals surface area contributed by atoms with Crippen molar-refractivity contribution in [3.05, 3.63) is 77.2 Å². The van der Waals surface area contributed by atoms with E-state index in [4.69, 9.17) is 19.7 Å². The van der Waals surface area contributed by atoms with Crippen molar-refractivity contribution in [2.24, 2.45) is 5.41 Å². The molecule has 2 aromatic heterocycles. The van der Waals surface area contributed by atoms with Crippen molar-refractivity contribution in [3.8, 4) is 23.0 Å². The molecule has 1 saturated carbocycles. The number of anilines is 2. The van der Waals surface area contributed by atoms with Gasteiger partial charge in [-0.2, -0.15) is 9.97 Å². The summed E-state index contributed by atoms with van der Waals surface area (Å²) in [7, 11) is 2.31. The van der Waals surface area contributed by atoms with E-state index in [1.165, 1.54) is 0 Å². The van der Waals surface area contributed by atoms with Crippen LogP contribution >= 0.6 is 0 Å². The topological polar surface area (TPSA) is 160 Å². The second-order valence-electron chi connectivity index (χ2n) is 21.3. The lowest BCUT2D eigenvalue weighted by Crippen LogP contribution is -2.52. The maximum absolute atomic E-state index is 17.2. The third-order valence-electron chi connectivity index (χ3n) is 16.9. The molecule has 0 spiro atoms. The zero-order valence-electron chi connectivity index (χ0n) is 40.3. The first-order chi connectivity index (χ1) is 34.0. The van der Waals surface area contributed by atoms with Crippen LogP contribution in [0.5, 0.6) is 11.8 Å². The van der Waals surface area contributed by atoms with Gasteiger partial charge in [-0.15, -0.1) is 0 Å². The maximum atomic E-state index is 17.2. The molecule has 7 aliphatic rings. The predicted octanol–water partition coefficient (Wildman–Crippen LogP) is 6.18. The highest BCUT2D eigenvalue weighted by Gasteiger charge is 2.46. The van der Waals surface area contributed by atoms with Crippen molar-refractivity contribution in [3.63, 3.8) is 0 Å². The zero-order chi connectivity index (χ0) is 47.8. The summed E-state index contributed by atoms with van der Waals surface area (Å²) < 4.78 is 23.8. The molecule has 16 heteroatoms. The number of fused-ring (bicyclic) bond motifs is 5. The number of nitrogens with one attached hydrogen (secondary N) is 2. The molecule has 3 N–H and O–H groups in total. The number of phenols is 1. The monoisotopic (exact) mass is 950 g/mol. The van der Waals surface area contributed by atoms with Gasteiger partial charge in [-0.05, 0) is 137 Å². The molecule has 2 bridgehead atoms. The largest absolute Gasteiger partial charge is 0.508 e. The van der Waals surface area contributed by atoms with Gasteiger partial charge in [-0.25, -0.2) is 4.39 Å². The molecular weight excluding hydrogens is 888 g/mol. The summed E-state index contributed by atoms with van der Waals surface area (Å²) in [6.07, 6.45) is 11.8. The van der Waals surface area contributed by atoms with Crippen LogP contribution in [0.25, 0.3) is 32.9 Å². The van der Waals surface area contributed by atoms with Gasteiger partial charge in [0.25, 0.3) is 5.91 Å². The number of ether oxygens (including phenoxy) is 1. The van der Waals surface area contributed by atoms with Gasteiger partial charge in [0.1, 0.15) is 28.8 Å². The highest BCUT2D eigenvalue weighted by atomic mass is 19.1. The van der Waals surface area contributed by atoms with Crippen LogP contribution in [0.4, 0.5) is 15.9 Å². The second-order valence-corrected chi connectivity index (χ2v) is 21.3.